The first-order chi connectivity index (χ1) is 9.45. The number of amides is 1. The lowest BCUT2D eigenvalue weighted by atomic mass is 10.0. The number of hydrogen-bond donors (Lipinski definition) is 2. The number of rotatable bonds is 4. The minimum absolute atomic E-state index is 0. The Morgan fingerprint density at radius 2 is 2.24 bits per heavy atom. The number of likely N-dealkylation sites (tertiary alicyclic amines) is 1. The summed E-state index contributed by atoms with van der Waals surface area (Å²) >= 11 is 0. The molecular formula is C14H20ClF2N3O. The van der Waals surface area contributed by atoms with Crippen molar-refractivity contribution < 1.29 is 13.6 Å². The molecule has 2 atom stereocenters. The second-order valence-electron chi connectivity index (χ2n) is 5.32. The average molecular weight is 320 g/mol. The summed E-state index contributed by atoms with van der Waals surface area (Å²) in [6, 6.07) is 3.19. The molecule has 0 aromatic heterocycles. The van der Waals surface area contributed by atoms with Crippen LogP contribution in [0.25, 0.3) is 0 Å². The van der Waals surface area contributed by atoms with Gasteiger partial charge >= 0.3 is 0 Å². The molecule has 7 heteroatoms. The van der Waals surface area contributed by atoms with E-state index < -0.39 is 11.6 Å². The summed E-state index contributed by atoms with van der Waals surface area (Å²) < 4.78 is 26.2. The number of halogens is 3. The molecule has 1 amide bonds. The van der Waals surface area contributed by atoms with Gasteiger partial charge in [0.1, 0.15) is 11.6 Å². The SMILES string of the molecule is CC(N)C1CCN(CC(=O)Nc2ccc(F)cc2F)C1.Cl. The van der Waals surface area contributed by atoms with Crippen molar-refractivity contribution in [1.82, 2.24) is 4.90 Å². The van der Waals surface area contributed by atoms with Crippen LogP contribution in [0.3, 0.4) is 0 Å². The highest BCUT2D eigenvalue weighted by molar-refractivity contribution is 5.92. The molecule has 0 aliphatic carbocycles. The monoisotopic (exact) mass is 319 g/mol. The second kappa shape index (κ2) is 7.68. The highest BCUT2D eigenvalue weighted by atomic mass is 35.5. The van der Waals surface area contributed by atoms with Gasteiger partial charge in [-0.2, -0.15) is 0 Å². The van der Waals surface area contributed by atoms with Gasteiger partial charge < -0.3 is 11.1 Å². The van der Waals surface area contributed by atoms with E-state index in [4.69, 9.17) is 5.73 Å². The molecule has 2 unspecified atom stereocenters. The van der Waals surface area contributed by atoms with E-state index in [2.05, 4.69) is 5.32 Å². The fourth-order valence-electron chi connectivity index (χ4n) is 2.42. The Labute approximate surface area is 129 Å². The highest BCUT2D eigenvalue weighted by Crippen LogP contribution is 2.19. The van der Waals surface area contributed by atoms with Crippen molar-refractivity contribution in [3.8, 4) is 0 Å². The van der Waals surface area contributed by atoms with Crippen LogP contribution in [0.5, 0.6) is 0 Å². The van der Waals surface area contributed by atoms with E-state index in [0.717, 1.165) is 31.6 Å². The summed E-state index contributed by atoms with van der Waals surface area (Å²) in [7, 11) is 0. The summed E-state index contributed by atoms with van der Waals surface area (Å²) in [5, 5.41) is 2.45. The van der Waals surface area contributed by atoms with Gasteiger partial charge in [0.05, 0.1) is 12.2 Å². The molecular weight excluding hydrogens is 300 g/mol. The van der Waals surface area contributed by atoms with Crippen LogP contribution in [0, 0.1) is 17.6 Å². The molecule has 1 heterocycles. The molecule has 1 aromatic carbocycles. The molecule has 3 N–H and O–H groups in total. The van der Waals surface area contributed by atoms with Crippen molar-refractivity contribution in [1.29, 1.82) is 0 Å². The van der Waals surface area contributed by atoms with E-state index in [1.165, 1.54) is 6.07 Å². The third-order valence-corrected chi connectivity index (χ3v) is 3.62. The van der Waals surface area contributed by atoms with Crippen LogP contribution >= 0.6 is 12.4 Å². The van der Waals surface area contributed by atoms with Gasteiger partial charge in [-0.1, -0.05) is 0 Å². The van der Waals surface area contributed by atoms with Crippen molar-refractivity contribution in [2.24, 2.45) is 11.7 Å². The van der Waals surface area contributed by atoms with Gasteiger partial charge in [0.2, 0.25) is 5.91 Å². The van der Waals surface area contributed by atoms with Gasteiger partial charge in [-0.05, 0) is 37.9 Å². The third kappa shape index (κ3) is 4.91. The maximum atomic E-state index is 13.4. The number of anilines is 1. The molecule has 118 valence electrons. The van der Waals surface area contributed by atoms with Crippen molar-refractivity contribution in [3.05, 3.63) is 29.8 Å². The molecule has 0 saturated carbocycles. The maximum absolute atomic E-state index is 13.4. The molecule has 0 bridgehead atoms. The number of nitrogens with two attached hydrogens (primary N) is 1. The van der Waals surface area contributed by atoms with Gasteiger partial charge in [0, 0.05) is 18.7 Å². The average Bonchev–Trinajstić information content (AvgIpc) is 2.81. The topological polar surface area (TPSA) is 58.4 Å². The van der Waals surface area contributed by atoms with Crippen LogP contribution in [0.2, 0.25) is 0 Å². The van der Waals surface area contributed by atoms with Crippen molar-refractivity contribution >= 4 is 24.0 Å². The molecule has 1 fully saturated rings. The van der Waals surface area contributed by atoms with Gasteiger partial charge in [-0.15, -0.1) is 12.4 Å². The Morgan fingerprint density at radius 3 is 2.81 bits per heavy atom. The normalized spacial score (nSPS) is 19.9. The molecule has 1 saturated heterocycles. The van der Waals surface area contributed by atoms with E-state index in [9.17, 15) is 13.6 Å². The van der Waals surface area contributed by atoms with E-state index >= 15 is 0 Å². The van der Waals surface area contributed by atoms with Crippen LogP contribution < -0.4 is 11.1 Å². The zero-order valence-corrected chi connectivity index (χ0v) is 12.6. The summed E-state index contributed by atoms with van der Waals surface area (Å²) in [5.41, 5.74) is 5.84. The van der Waals surface area contributed by atoms with E-state index in [1.54, 1.807) is 0 Å². The Balaban J connectivity index is 0.00000220. The lowest BCUT2D eigenvalue weighted by Gasteiger charge is -2.17. The van der Waals surface area contributed by atoms with Crippen molar-refractivity contribution in [2.45, 2.75) is 19.4 Å². The molecule has 2 rings (SSSR count). The Hall–Kier alpha value is -1.24. The maximum Gasteiger partial charge on any atom is 0.238 e. The molecule has 21 heavy (non-hydrogen) atoms. The first-order valence-corrected chi connectivity index (χ1v) is 6.68. The first-order valence-electron chi connectivity index (χ1n) is 6.68. The van der Waals surface area contributed by atoms with Crippen LogP contribution in [-0.4, -0.2) is 36.5 Å². The summed E-state index contributed by atoms with van der Waals surface area (Å²) in [4.78, 5) is 13.8. The minimum Gasteiger partial charge on any atom is -0.328 e. The lowest BCUT2D eigenvalue weighted by molar-refractivity contribution is -0.117. The van der Waals surface area contributed by atoms with Crippen LogP contribution in [0.15, 0.2) is 18.2 Å². The van der Waals surface area contributed by atoms with Gasteiger partial charge in [-0.3, -0.25) is 9.69 Å². The van der Waals surface area contributed by atoms with E-state index in [0.29, 0.717) is 5.92 Å². The summed E-state index contributed by atoms with van der Waals surface area (Å²) in [6.45, 7) is 3.74. The van der Waals surface area contributed by atoms with E-state index in [1.807, 2.05) is 11.8 Å². The number of benzene rings is 1. The number of nitrogens with zero attached hydrogens (tertiary/aromatic N) is 1. The quantitative estimate of drug-likeness (QED) is 0.892. The predicted octanol–water partition coefficient (Wildman–Crippen LogP) is 1.99. The Bertz CT molecular complexity index is 499. The fourth-order valence-corrected chi connectivity index (χ4v) is 2.42. The first kappa shape index (κ1) is 17.8. The Morgan fingerprint density at radius 1 is 1.52 bits per heavy atom. The third-order valence-electron chi connectivity index (χ3n) is 3.62. The Kier molecular flexibility index (Phi) is 6.51. The fraction of sp³-hybridized carbons (Fsp3) is 0.500. The van der Waals surface area contributed by atoms with Gasteiger partial charge in [0.15, 0.2) is 0 Å². The smallest absolute Gasteiger partial charge is 0.238 e. The predicted molar refractivity (Wildman–Crippen MR) is 80.4 cm³/mol. The minimum atomic E-state index is -0.770. The zero-order valence-electron chi connectivity index (χ0n) is 11.8. The number of hydrogen-bond acceptors (Lipinski definition) is 3. The van der Waals surface area contributed by atoms with Gasteiger partial charge in [-0.25, -0.2) is 8.78 Å². The molecule has 4 nitrogen and oxygen atoms in total. The highest BCUT2D eigenvalue weighted by Gasteiger charge is 2.26. The molecule has 0 radical (unpaired) electrons. The zero-order chi connectivity index (χ0) is 14.7. The standard InChI is InChI=1S/C14H19F2N3O.ClH/c1-9(17)10-4-5-19(7-10)8-14(20)18-13-3-2-11(15)6-12(13)16;/h2-3,6,9-10H,4-5,7-8,17H2,1H3,(H,18,20);1H. The summed E-state index contributed by atoms with van der Waals surface area (Å²) in [6.07, 6.45) is 0.968. The second-order valence-corrected chi connectivity index (χ2v) is 5.32. The van der Waals surface area contributed by atoms with Gasteiger partial charge in [0.25, 0.3) is 0 Å². The van der Waals surface area contributed by atoms with Crippen LogP contribution in [0.4, 0.5) is 14.5 Å². The molecule has 1 aromatic rings. The molecule has 0 spiro atoms. The summed E-state index contributed by atoms with van der Waals surface area (Å²) in [5.74, 6) is -1.35. The number of nitrogens with one attached hydrogen (secondary N) is 1. The largest absolute Gasteiger partial charge is 0.328 e. The van der Waals surface area contributed by atoms with Crippen molar-refractivity contribution in [3.63, 3.8) is 0 Å². The van der Waals surface area contributed by atoms with Crippen LogP contribution in [-0.2, 0) is 4.79 Å². The number of carbonyl (C=O) groups is 1. The van der Waals surface area contributed by atoms with E-state index in [-0.39, 0.29) is 36.6 Å². The lowest BCUT2D eigenvalue weighted by Crippen LogP contribution is -2.34. The number of carbonyl (C=O) groups excluding carboxylic acids is 1. The van der Waals surface area contributed by atoms with Crippen molar-refractivity contribution in [2.75, 3.05) is 25.0 Å². The van der Waals surface area contributed by atoms with Crippen LogP contribution in [0.1, 0.15) is 13.3 Å². The molecule has 1 aliphatic heterocycles. The molecule has 1 aliphatic rings.